The lowest BCUT2D eigenvalue weighted by atomic mass is 10.3. The van der Waals surface area contributed by atoms with Crippen LogP contribution in [0.15, 0.2) is 17.6 Å². The predicted molar refractivity (Wildman–Crippen MR) is 71.6 cm³/mol. The standard InChI is InChI=1S/C11H13ClN2S2/c1-8-10(15-7-14-8)4-5-13-6-9-2-3-11(12)16-9/h2-3,7,13H,4-6H2,1H3. The molecule has 86 valence electrons. The number of thiazole rings is 1. The van der Waals surface area contributed by atoms with Crippen LogP contribution >= 0.6 is 34.3 Å². The second-order valence-electron chi connectivity index (χ2n) is 3.49. The molecule has 0 saturated heterocycles. The Kier molecular flexibility index (Phi) is 4.35. The molecule has 1 N–H and O–H groups in total. The first-order chi connectivity index (χ1) is 7.75. The van der Waals surface area contributed by atoms with Crippen molar-refractivity contribution in [3.63, 3.8) is 0 Å². The maximum absolute atomic E-state index is 5.86. The quantitative estimate of drug-likeness (QED) is 0.843. The summed E-state index contributed by atoms with van der Waals surface area (Å²) in [6.07, 6.45) is 1.05. The molecule has 16 heavy (non-hydrogen) atoms. The molecular formula is C11H13ClN2S2. The fourth-order valence-electron chi connectivity index (χ4n) is 1.43. The average molecular weight is 273 g/mol. The van der Waals surface area contributed by atoms with Gasteiger partial charge in [0.1, 0.15) is 0 Å². The maximum atomic E-state index is 5.86. The molecular weight excluding hydrogens is 260 g/mol. The van der Waals surface area contributed by atoms with Crippen molar-refractivity contribution in [1.29, 1.82) is 0 Å². The van der Waals surface area contributed by atoms with E-state index in [1.54, 1.807) is 22.7 Å². The van der Waals surface area contributed by atoms with Crippen LogP contribution < -0.4 is 5.32 Å². The van der Waals surface area contributed by atoms with Crippen molar-refractivity contribution in [2.75, 3.05) is 6.54 Å². The number of aryl methyl sites for hydroxylation is 1. The highest BCUT2D eigenvalue weighted by Gasteiger charge is 2.01. The van der Waals surface area contributed by atoms with Crippen molar-refractivity contribution in [3.8, 4) is 0 Å². The van der Waals surface area contributed by atoms with E-state index in [2.05, 4.69) is 23.3 Å². The van der Waals surface area contributed by atoms with E-state index in [0.717, 1.165) is 29.5 Å². The Morgan fingerprint density at radius 3 is 2.94 bits per heavy atom. The summed E-state index contributed by atoms with van der Waals surface area (Å²) in [6.45, 7) is 3.94. The molecule has 5 heteroatoms. The van der Waals surface area contributed by atoms with Gasteiger partial charge in [-0.1, -0.05) is 11.6 Å². The normalized spacial score (nSPS) is 10.9. The Balaban J connectivity index is 1.71. The van der Waals surface area contributed by atoms with Gasteiger partial charge in [-0.2, -0.15) is 0 Å². The Morgan fingerprint density at radius 2 is 2.31 bits per heavy atom. The molecule has 2 nitrogen and oxygen atoms in total. The number of hydrogen-bond acceptors (Lipinski definition) is 4. The van der Waals surface area contributed by atoms with E-state index >= 15 is 0 Å². The number of aromatic nitrogens is 1. The minimum absolute atomic E-state index is 0.857. The van der Waals surface area contributed by atoms with Crippen LogP contribution in [0, 0.1) is 6.92 Å². The van der Waals surface area contributed by atoms with Crippen molar-refractivity contribution >= 4 is 34.3 Å². The first kappa shape index (κ1) is 12.0. The molecule has 0 spiro atoms. The number of hydrogen-bond donors (Lipinski definition) is 1. The van der Waals surface area contributed by atoms with Gasteiger partial charge in [-0.05, 0) is 25.5 Å². The smallest absolute Gasteiger partial charge is 0.0931 e. The van der Waals surface area contributed by atoms with Crippen LogP contribution in [0.2, 0.25) is 4.34 Å². The van der Waals surface area contributed by atoms with Gasteiger partial charge in [0.15, 0.2) is 0 Å². The van der Waals surface area contributed by atoms with Crippen LogP contribution in [0.1, 0.15) is 15.4 Å². The van der Waals surface area contributed by atoms with Crippen molar-refractivity contribution in [3.05, 3.63) is 37.4 Å². The number of thiophene rings is 1. The first-order valence-electron chi connectivity index (χ1n) is 5.09. The molecule has 0 amide bonds. The molecule has 0 aliphatic heterocycles. The van der Waals surface area contributed by atoms with E-state index in [0.29, 0.717) is 0 Å². The number of nitrogens with zero attached hydrogens (tertiary/aromatic N) is 1. The van der Waals surface area contributed by atoms with Crippen molar-refractivity contribution in [2.24, 2.45) is 0 Å². The summed E-state index contributed by atoms with van der Waals surface area (Å²) in [5.41, 5.74) is 3.06. The molecule has 2 rings (SSSR count). The number of halogens is 1. The van der Waals surface area contributed by atoms with Gasteiger partial charge in [-0.25, -0.2) is 4.98 Å². The molecule has 0 bridgehead atoms. The fourth-order valence-corrected chi connectivity index (χ4v) is 3.26. The third-order valence-electron chi connectivity index (χ3n) is 2.30. The minimum atomic E-state index is 0.857. The van der Waals surface area contributed by atoms with Crippen LogP contribution in [0.3, 0.4) is 0 Å². The fraction of sp³-hybridized carbons (Fsp3) is 0.364. The molecule has 2 heterocycles. The van der Waals surface area contributed by atoms with Gasteiger partial charge in [-0.3, -0.25) is 0 Å². The van der Waals surface area contributed by atoms with E-state index in [9.17, 15) is 0 Å². The van der Waals surface area contributed by atoms with Crippen molar-refractivity contribution in [2.45, 2.75) is 19.9 Å². The number of nitrogens with one attached hydrogen (secondary N) is 1. The predicted octanol–water partition coefficient (Wildman–Crippen LogP) is 3.50. The summed E-state index contributed by atoms with van der Waals surface area (Å²) < 4.78 is 0.857. The van der Waals surface area contributed by atoms with Crippen molar-refractivity contribution in [1.82, 2.24) is 10.3 Å². The Bertz CT molecular complexity index is 450. The Hall–Kier alpha value is -0.420. The third-order valence-corrected chi connectivity index (χ3v) is 4.53. The second kappa shape index (κ2) is 5.77. The van der Waals surface area contributed by atoms with Crippen LogP contribution in [-0.2, 0) is 13.0 Å². The van der Waals surface area contributed by atoms with Crippen LogP contribution in [-0.4, -0.2) is 11.5 Å². The molecule has 0 atom stereocenters. The van der Waals surface area contributed by atoms with Crippen molar-refractivity contribution < 1.29 is 0 Å². The third kappa shape index (κ3) is 3.28. The summed E-state index contributed by atoms with van der Waals surface area (Å²) in [5.74, 6) is 0. The largest absolute Gasteiger partial charge is 0.311 e. The molecule has 0 aromatic carbocycles. The SMILES string of the molecule is Cc1ncsc1CCNCc1ccc(Cl)s1. The van der Waals surface area contributed by atoms with Crippen LogP contribution in [0.25, 0.3) is 0 Å². The molecule has 0 aliphatic carbocycles. The zero-order valence-corrected chi connectivity index (χ0v) is 11.4. The van der Waals surface area contributed by atoms with Gasteiger partial charge in [0.2, 0.25) is 0 Å². The Morgan fingerprint density at radius 1 is 1.44 bits per heavy atom. The summed E-state index contributed by atoms with van der Waals surface area (Å²) in [7, 11) is 0. The molecule has 0 saturated carbocycles. The monoisotopic (exact) mass is 272 g/mol. The summed E-state index contributed by atoms with van der Waals surface area (Å²) in [5, 5.41) is 3.41. The van der Waals surface area contributed by atoms with Gasteiger partial charge in [0.25, 0.3) is 0 Å². The highest BCUT2D eigenvalue weighted by molar-refractivity contribution is 7.16. The van der Waals surface area contributed by atoms with Gasteiger partial charge < -0.3 is 5.32 Å². The first-order valence-corrected chi connectivity index (χ1v) is 7.17. The minimum Gasteiger partial charge on any atom is -0.311 e. The maximum Gasteiger partial charge on any atom is 0.0931 e. The summed E-state index contributed by atoms with van der Waals surface area (Å²) in [4.78, 5) is 6.89. The molecule has 0 aliphatic rings. The lowest BCUT2D eigenvalue weighted by Gasteiger charge is -2.01. The van der Waals surface area contributed by atoms with Gasteiger partial charge in [0.05, 0.1) is 15.5 Å². The van der Waals surface area contributed by atoms with E-state index < -0.39 is 0 Å². The molecule has 0 unspecified atom stereocenters. The summed E-state index contributed by atoms with van der Waals surface area (Å²) >= 11 is 9.22. The highest BCUT2D eigenvalue weighted by Crippen LogP contribution is 2.21. The lowest BCUT2D eigenvalue weighted by Crippen LogP contribution is -2.15. The van der Waals surface area contributed by atoms with E-state index in [1.165, 1.54) is 9.75 Å². The van der Waals surface area contributed by atoms with Gasteiger partial charge in [-0.15, -0.1) is 22.7 Å². The zero-order chi connectivity index (χ0) is 11.4. The van der Waals surface area contributed by atoms with E-state index in [-0.39, 0.29) is 0 Å². The molecule has 2 aromatic heterocycles. The summed E-state index contributed by atoms with van der Waals surface area (Å²) in [6, 6.07) is 4.01. The topological polar surface area (TPSA) is 24.9 Å². The highest BCUT2D eigenvalue weighted by atomic mass is 35.5. The molecule has 0 fully saturated rings. The molecule has 2 aromatic rings. The van der Waals surface area contributed by atoms with E-state index in [4.69, 9.17) is 11.6 Å². The lowest BCUT2D eigenvalue weighted by molar-refractivity contribution is 0.695. The Labute approximate surface area is 108 Å². The van der Waals surface area contributed by atoms with Gasteiger partial charge >= 0.3 is 0 Å². The van der Waals surface area contributed by atoms with Crippen LogP contribution in [0.5, 0.6) is 0 Å². The van der Waals surface area contributed by atoms with E-state index in [1.807, 2.05) is 11.6 Å². The van der Waals surface area contributed by atoms with Gasteiger partial charge in [0, 0.05) is 22.8 Å². The second-order valence-corrected chi connectivity index (χ2v) is 6.23. The number of rotatable bonds is 5. The average Bonchev–Trinajstić information content (AvgIpc) is 2.83. The zero-order valence-electron chi connectivity index (χ0n) is 9.00. The van der Waals surface area contributed by atoms with Crippen LogP contribution in [0.4, 0.5) is 0 Å². The molecule has 0 radical (unpaired) electrons.